The van der Waals surface area contributed by atoms with Gasteiger partial charge >= 0.3 is 0 Å². The van der Waals surface area contributed by atoms with Crippen molar-refractivity contribution in [3.63, 3.8) is 0 Å². The van der Waals surface area contributed by atoms with Gasteiger partial charge in [0.05, 0.1) is 28.3 Å². The molecule has 0 atom stereocenters. The second-order valence-electron chi connectivity index (χ2n) is 7.77. The number of anilines is 1. The topological polar surface area (TPSA) is 49.7 Å². The minimum atomic E-state index is -1.10. The number of carbonyl (C=O) groups is 2. The van der Waals surface area contributed by atoms with Crippen molar-refractivity contribution in [1.29, 1.82) is 0 Å². The summed E-state index contributed by atoms with van der Waals surface area (Å²) in [7, 11) is 0. The lowest BCUT2D eigenvalue weighted by atomic mass is 9.86. The highest BCUT2D eigenvalue weighted by molar-refractivity contribution is 6.35. The number of alkyl halides is 1. The number of aryl methyl sites for hydroxylation is 1. The largest absolute Gasteiger partial charge is 0.299 e. The average Bonchev–Trinajstić information content (AvgIpc) is 3.09. The Balaban J connectivity index is 1.86. The van der Waals surface area contributed by atoms with Crippen molar-refractivity contribution >= 4 is 46.3 Å². The molecule has 30 heavy (non-hydrogen) atoms. The number of benzene rings is 2. The summed E-state index contributed by atoms with van der Waals surface area (Å²) in [5.41, 5.74) is 0.536. The summed E-state index contributed by atoms with van der Waals surface area (Å²) in [6, 6.07) is 9.29. The smallest absolute Gasteiger partial charge is 0.253 e. The second-order valence-corrected chi connectivity index (χ2v) is 8.61. The molecule has 3 rings (SSSR count). The lowest BCUT2D eigenvalue weighted by Crippen LogP contribution is -2.26. The molecule has 0 bridgehead atoms. The molecule has 0 fully saturated rings. The quantitative estimate of drug-likeness (QED) is 0.535. The first-order valence-corrected chi connectivity index (χ1v) is 10.1. The Kier molecular flexibility index (Phi) is 6.58. The number of amides is 1. The van der Waals surface area contributed by atoms with Crippen molar-refractivity contribution in [3.8, 4) is 0 Å². The highest BCUT2D eigenvalue weighted by Crippen LogP contribution is 2.29. The summed E-state index contributed by atoms with van der Waals surface area (Å²) in [6.07, 6.45) is 0.0961. The van der Waals surface area contributed by atoms with Crippen LogP contribution >= 0.6 is 23.2 Å². The van der Waals surface area contributed by atoms with Gasteiger partial charge in [-0.25, -0.2) is 9.40 Å². The van der Waals surface area contributed by atoms with Crippen molar-refractivity contribution in [2.24, 2.45) is 10.5 Å². The molecule has 2 aromatic rings. The van der Waals surface area contributed by atoms with Crippen LogP contribution < -0.4 is 5.01 Å². The Morgan fingerprint density at radius 1 is 1.20 bits per heavy atom. The number of hydrogen-bond donors (Lipinski definition) is 0. The van der Waals surface area contributed by atoms with Crippen LogP contribution in [0.5, 0.6) is 0 Å². The molecule has 0 N–H and O–H groups in total. The second kappa shape index (κ2) is 8.82. The number of ketones is 1. The maximum absolute atomic E-state index is 14.4. The normalized spacial score (nSPS) is 14.3. The third-order valence-corrected chi connectivity index (χ3v) is 5.57. The zero-order chi connectivity index (χ0) is 22.1. The van der Waals surface area contributed by atoms with E-state index >= 15 is 0 Å². The molecule has 1 aliphatic heterocycles. The van der Waals surface area contributed by atoms with Gasteiger partial charge in [0.1, 0.15) is 18.3 Å². The molecule has 1 amide bonds. The van der Waals surface area contributed by atoms with Crippen LogP contribution in [0.15, 0.2) is 41.5 Å². The summed E-state index contributed by atoms with van der Waals surface area (Å²) < 4.78 is 27.4. The van der Waals surface area contributed by atoms with Crippen molar-refractivity contribution in [2.45, 2.75) is 33.1 Å². The first-order chi connectivity index (χ1) is 14.1. The monoisotopic (exact) mass is 452 g/mol. The standard InChI is InChI=1S/C22H20Cl2F2N2O2/c1-22(2,12-25)20(29)8-3-13-9-16(17(24)10-18(13)26)19-11-21(30)28(27-19)15-6-4-14(23)5-7-15/h4-7,9-10H,3,8,11-12H2,1-2H3. The number of hydrogen-bond acceptors (Lipinski definition) is 3. The predicted molar refractivity (Wildman–Crippen MR) is 115 cm³/mol. The number of rotatable bonds is 7. The van der Waals surface area contributed by atoms with Gasteiger partial charge in [-0.15, -0.1) is 0 Å². The Morgan fingerprint density at radius 2 is 1.87 bits per heavy atom. The highest BCUT2D eigenvalue weighted by Gasteiger charge is 2.29. The number of hydrazone groups is 1. The van der Waals surface area contributed by atoms with E-state index in [4.69, 9.17) is 23.2 Å². The van der Waals surface area contributed by atoms with Crippen LogP contribution in [0.25, 0.3) is 0 Å². The number of Topliss-reactive ketones (excluding diaryl/α,β-unsaturated/α-hetero) is 1. The van der Waals surface area contributed by atoms with Crippen LogP contribution in [-0.4, -0.2) is 24.1 Å². The molecule has 1 heterocycles. The van der Waals surface area contributed by atoms with E-state index in [2.05, 4.69) is 5.10 Å². The lowest BCUT2D eigenvalue weighted by molar-refractivity contribution is -0.127. The Labute approximate surface area is 183 Å². The molecule has 158 valence electrons. The fourth-order valence-electron chi connectivity index (χ4n) is 3.03. The van der Waals surface area contributed by atoms with E-state index in [9.17, 15) is 18.4 Å². The predicted octanol–water partition coefficient (Wildman–Crippen LogP) is 5.77. The average molecular weight is 453 g/mol. The fourth-order valence-corrected chi connectivity index (χ4v) is 3.42. The van der Waals surface area contributed by atoms with Crippen LogP contribution in [-0.2, 0) is 16.0 Å². The molecule has 0 saturated heterocycles. The number of carbonyl (C=O) groups excluding carboxylic acids is 2. The SMILES string of the molecule is CC(C)(CF)C(=O)CCc1cc(C2=NN(c3ccc(Cl)cc3)C(=O)C2)c(Cl)cc1F. The van der Waals surface area contributed by atoms with E-state index in [1.807, 2.05) is 0 Å². The van der Waals surface area contributed by atoms with Gasteiger partial charge in [-0.1, -0.05) is 37.0 Å². The Morgan fingerprint density at radius 3 is 2.50 bits per heavy atom. The molecule has 0 unspecified atom stereocenters. The fraction of sp³-hybridized carbons (Fsp3) is 0.318. The van der Waals surface area contributed by atoms with Crippen molar-refractivity contribution in [3.05, 3.63) is 63.4 Å². The summed E-state index contributed by atoms with van der Waals surface area (Å²) in [5.74, 6) is -1.11. The third-order valence-electron chi connectivity index (χ3n) is 5.00. The third kappa shape index (κ3) is 4.71. The van der Waals surface area contributed by atoms with E-state index in [-0.39, 0.29) is 41.5 Å². The highest BCUT2D eigenvalue weighted by atomic mass is 35.5. The van der Waals surface area contributed by atoms with Gasteiger partial charge in [0.25, 0.3) is 5.91 Å². The van der Waals surface area contributed by atoms with Crippen LogP contribution in [0.2, 0.25) is 10.0 Å². The molecule has 0 spiro atoms. The molecule has 0 saturated carbocycles. The van der Waals surface area contributed by atoms with Gasteiger partial charge in [0, 0.05) is 17.0 Å². The Hall–Kier alpha value is -2.31. The van der Waals surface area contributed by atoms with E-state index in [0.717, 1.165) is 6.07 Å². The van der Waals surface area contributed by atoms with Gasteiger partial charge < -0.3 is 0 Å². The maximum atomic E-state index is 14.4. The summed E-state index contributed by atoms with van der Waals surface area (Å²) in [5, 5.41) is 6.26. The molecule has 8 heteroatoms. The zero-order valence-electron chi connectivity index (χ0n) is 16.5. The van der Waals surface area contributed by atoms with E-state index in [1.165, 1.54) is 24.9 Å². The maximum Gasteiger partial charge on any atom is 0.253 e. The van der Waals surface area contributed by atoms with Crippen LogP contribution in [0.4, 0.5) is 14.5 Å². The minimum absolute atomic E-state index is 0.00122. The number of halogens is 4. The van der Waals surface area contributed by atoms with Gasteiger partial charge in [-0.3, -0.25) is 14.0 Å². The van der Waals surface area contributed by atoms with Gasteiger partial charge in [-0.2, -0.15) is 5.10 Å². The zero-order valence-corrected chi connectivity index (χ0v) is 18.0. The summed E-state index contributed by atoms with van der Waals surface area (Å²) in [6.45, 7) is 2.26. The van der Waals surface area contributed by atoms with Gasteiger partial charge in [-0.05, 0) is 48.4 Å². The van der Waals surface area contributed by atoms with Crippen LogP contribution in [0, 0.1) is 11.2 Å². The van der Waals surface area contributed by atoms with Crippen molar-refractivity contribution in [2.75, 3.05) is 11.7 Å². The lowest BCUT2D eigenvalue weighted by Gasteiger charge is -2.18. The van der Waals surface area contributed by atoms with Gasteiger partial charge in [0.15, 0.2) is 0 Å². The van der Waals surface area contributed by atoms with Gasteiger partial charge in [0.2, 0.25) is 0 Å². The molecule has 0 aromatic heterocycles. The summed E-state index contributed by atoms with van der Waals surface area (Å²) >= 11 is 12.1. The van der Waals surface area contributed by atoms with E-state index in [1.54, 1.807) is 24.3 Å². The van der Waals surface area contributed by atoms with E-state index < -0.39 is 17.9 Å². The Bertz CT molecular complexity index is 1020. The molecule has 4 nitrogen and oxygen atoms in total. The van der Waals surface area contributed by atoms with E-state index in [0.29, 0.717) is 22.0 Å². The molecule has 1 aliphatic rings. The number of nitrogens with zero attached hydrogens (tertiary/aromatic N) is 2. The minimum Gasteiger partial charge on any atom is -0.299 e. The summed E-state index contributed by atoms with van der Waals surface area (Å²) in [4.78, 5) is 24.6. The molecular weight excluding hydrogens is 433 g/mol. The molecule has 2 aromatic carbocycles. The molecular formula is C22H20Cl2F2N2O2. The van der Waals surface area contributed by atoms with Crippen molar-refractivity contribution in [1.82, 2.24) is 0 Å². The van der Waals surface area contributed by atoms with Crippen LogP contribution in [0.1, 0.15) is 37.8 Å². The first-order valence-electron chi connectivity index (χ1n) is 9.36. The van der Waals surface area contributed by atoms with Crippen LogP contribution in [0.3, 0.4) is 0 Å². The van der Waals surface area contributed by atoms with Crippen molar-refractivity contribution < 1.29 is 18.4 Å². The molecule has 0 aliphatic carbocycles. The molecule has 0 radical (unpaired) electrons. The first kappa shape index (κ1) is 22.4.